The van der Waals surface area contributed by atoms with Gasteiger partial charge in [0.1, 0.15) is 47.6 Å². The largest absolute Gasteiger partial charge is 0.489 e. The zero-order valence-electron chi connectivity index (χ0n) is 40.8. The molecule has 2 aromatic heterocycles. The number of methoxy groups -OCH3 is 1. The van der Waals surface area contributed by atoms with Crippen molar-refractivity contribution >= 4 is 44.0 Å². The molecule has 16 nitrogen and oxygen atoms in total. The van der Waals surface area contributed by atoms with E-state index in [0.29, 0.717) is 30.7 Å². The van der Waals surface area contributed by atoms with Crippen LogP contribution in [0.5, 0.6) is 23.1 Å². The molecule has 4 fully saturated rings. The van der Waals surface area contributed by atoms with Crippen LogP contribution in [0, 0.1) is 22.1 Å². The molecule has 3 aliphatic heterocycles. The van der Waals surface area contributed by atoms with Crippen molar-refractivity contribution in [2.45, 2.75) is 113 Å². The van der Waals surface area contributed by atoms with E-state index in [2.05, 4.69) is 73.1 Å². The van der Waals surface area contributed by atoms with Gasteiger partial charge in [-0.05, 0) is 116 Å². The Labute approximate surface area is 414 Å². The van der Waals surface area contributed by atoms with Gasteiger partial charge in [-0.15, -0.1) is 4.91 Å². The van der Waals surface area contributed by atoms with Crippen molar-refractivity contribution in [2.24, 2.45) is 16.5 Å². The normalized spacial score (nSPS) is 24.2. The van der Waals surface area contributed by atoms with Gasteiger partial charge in [-0.2, -0.15) is 4.98 Å². The van der Waals surface area contributed by atoms with Crippen molar-refractivity contribution in [3.63, 3.8) is 0 Å². The Kier molecular flexibility index (Phi) is 13.5. The van der Waals surface area contributed by atoms with Crippen LogP contribution in [0.4, 0.5) is 21.5 Å². The molecule has 0 bridgehead atoms. The van der Waals surface area contributed by atoms with Crippen LogP contribution in [-0.2, 0) is 14.8 Å². The minimum Gasteiger partial charge on any atom is -0.489 e. The van der Waals surface area contributed by atoms with Gasteiger partial charge in [0.05, 0.1) is 34.1 Å². The Hall–Kier alpha value is -5.82. The van der Waals surface area contributed by atoms with Crippen molar-refractivity contribution in [1.82, 2.24) is 19.6 Å². The van der Waals surface area contributed by atoms with E-state index in [4.69, 9.17) is 18.9 Å². The molecule has 2 saturated heterocycles. The van der Waals surface area contributed by atoms with E-state index in [9.17, 15) is 23.2 Å². The number of aliphatic hydroxyl groups is 1. The summed E-state index contributed by atoms with van der Waals surface area (Å²) in [4.78, 5) is 38.4. The van der Waals surface area contributed by atoms with Crippen LogP contribution < -0.4 is 29.1 Å². The lowest BCUT2D eigenvalue weighted by atomic mass is 9.70. The number of sulfonamides is 1. The predicted octanol–water partition coefficient (Wildman–Crippen LogP) is 9.51. The molecule has 0 radical (unpaired) electrons. The minimum absolute atomic E-state index is 0.00147. The molecule has 4 N–H and O–H groups in total. The number of halogens is 1. The van der Waals surface area contributed by atoms with Crippen LogP contribution in [0.3, 0.4) is 0 Å². The standard InChI is InChI=1S/C53H64FN7O9S/c1-32(2)36-8-5-6-9-37(36)38-10-7-11-44(38)61-30-53(31-61)18-20-60(21-19-53)34-12-13-39(45(24-34)70-47-27-40-41(54)28-55-49(40)57-51(47)68-23-22-67-4)50(62)59-71(65,66)35-25-42(58-64)48-46(26-35)69-29-43(56-48)33-14-16-52(3,63)17-15-33/h5-6,8-9,12-13,24-28,32-33,38,43-44,56,63H,7,10-11,14-23,29-31H2,1-4H3,(H,55,57)(H,59,62)/t33?,38-,43?,44-,52?/m1/s1. The maximum absolute atomic E-state index is 15.0. The summed E-state index contributed by atoms with van der Waals surface area (Å²) in [6.07, 6.45) is 9.56. The number of hydrogen-bond donors (Lipinski definition) is 4. The maximum atomic E-state index is 15.0. The van der Waals surface area contributed by atoms with Crippen LogP contribution >= 0.6 is 0 Å². The first kappa shape index (κ1) is 48.8. The predicted molar refractivity (Wildman–Crippen MR) is 268 cm³/mol. The van der Waals surface area contributed by atoms with E-state index in [1.54, 1.807) is 12.1 Å². The summed E-state index contributed by atoms with van der Waals surface area (Å²) < 4.78 is 69.0. The third-order valence-corrected chi connectivity index (χ3v) is 17.2. The molecule has 10 rings (SSSR count). The summed E-state index contributed by atoms with van der Waals surface area (Å²) in [6.45, 7) is 10.5. The number of amides is 1. The number of benzene rings is 3. The lowest BCUT2D eigenvalue weighted by Gasteiger charge is -2.57. The van der Waals surface area contributed by atoms with Crippen molar-refractivity contribution in [3.05, 3.63) is 94.3 Å². The molecule has 3 atom stereocenters. The Morgan fingerprint density at radius 2 is 1.79 bits per heavy atom. The number of aromatic nitrogens is 2. The highest BCUT2D eigenvalue weighted by molar-refractivity contribution is 7.90. The first-order valence-electron chi connectivity index (χ1n) is 25.0. The second kappa shape index (κ2) is 19.7. The highest BCUT2D eigenvalue weighted by Crippen LogP contribution is 2.50. The number of carbonyl (C=O) groups is 1. The van der Waals surface area contributed by atoms with Gasteiger partial charge in [0.2, 0.25) is 0 Å². The molecule has 3 aromatic carbocycles. The van der Waals surface area contributed by atoms with Crippen LogP contribution in [-0.4, -0.2) is 105 Å². The van der Waals surface area contributed by atoms with Crippen LogP contribution in [0.15, 0.2) is 76.9 Å². The second-order valence-corrected chi connectivity index (χ2v) is 22.6. The third-order valence-electron chi connectivity index (χ3n) is 15.9. The highest BCUT2D eigenvalue weighted by atomic mass is 32.2. The zero-order valence-corrected chi connectivity index (χ0v) is 41.7. The number of aromatic amines is 1. The molecule has 71 heavy (non-hydrogen) atoms. The average molecular weight is 994 g/mol. The fraction of sp³-hybridized carbons (Fsp3) is 0.509. The Morgan fingerprint density at radius 1 is 1.01 bits per heavy atom. The number of nitrogens with one attached hydrogen (secondary N) is 3. The van der Waals surface area contributed by atoms with Gasteiger partial charge in [0.25, 0.3) is 21.8 Å². The van der Waals surface area contributed by atoms with Crippen LogP contribution in [0.2, 0.25) is 0 Å². The molecule has 2 aliphatic carbocycles. The summed E-state index contributed by atoms with van der Waals surface area (Å²) in [7, 11) is -3.12. The molecular formula is C53H64FN7O9S. The monoisotopic (exact) mass is 993 g/mol. The number of nitrogens with zero attached hydrogens (tertiary/aromatic N) is 4. The van der Waals surface area contributed by atoms with Crippen molar-refractivity contribution < 1.29 is 41.7 Å². The highest BCUT2D eigenvalue weighted by Gasteiger charge is 2.49. The molecule has 5 heterocycles. The molecule has 1 spiro atoms. The molecule has 18 heteroatoms. The van der Waals surface area contributed by atoms with E-state index in [-0.39, 0.29) is 88.3 Å². The summed E-state index contributed by atoms with van der Waals surface area (Å²) in [6, 6.07) is 18.1. The minimum atomic E-state index is -4.65. The van der Waals surface area contributed by atoms with E-state index in [0.717, 1.165) is 63.6 Å². The van der Waals surface area contributed by atoms with Crippen molar-refractivity contribution in [2.75, 3.05) is 63.3 Å². The summed E-state index contributed by atoms with van der Waals surface area (Å²) in [5, 5.41) is 17.1. The fourth-order valence-corrected chi connectivity index (χ4v) is 12.8. The first-order chi connectivity index (χ1) is 34.1. The topological polar surface area (TPSA) is 197 Å². The molecule has 2 saturated carbocycles. The Bertz CT molecular complexity index is 2900. The third kappa shape index (κ3) is 9.92. The van der Waals surface area contributed by atoms with E-state index < -0.39 is 32.2 Å². The summed E-state index contributed by atoms with van der Waals surface area (Å²) in [5.74, 6) is -0.328. The Morgan fingerprint density at radius 3 is 2.54 bits per heavy atom. The van der Waals surface area contributed by atoms with Crippen LogP contribution in [0.1, 0.15) is 112 Å². The fourth-order valence-electron chi connectivity index (χ4n) is 11.8. The van der Waals surface area contributed by atoms with E-state index in [1.165, 1.54) is 61.9 Å². The van der Waals surface area contributed by atoms with E-state index >= 15 is 4.39 Å². The number of piperidine rings is 1. The zero-order chi connectivity index (χ0) is 49.7. The lowest BCUT2D eigenvalue weighted by molar-refractivity contribution is -0.0493. The summed E-state index contributed by atoms with van der Waals surface area (Å²) in [5.41, 5.74) is 3.36. The van der Waals surface area contributed by atoms with Gasteiger partial charge >= 0.3 is 0 Å². The average Bonchev–Trinajstić information content (AvgIpc) is 3.98. The molecule has 1 unspecified atom stereocenters. The number of nitroso groups, excluding NO2 is 1. The van der Waals surface area contributed by atoms with Gasteiger partial charge in [0, 0.05) is 69.4 Å². The van der Waals surface area contributed by atoms with Gasteiger partial charge in [-0.25, -0.2) is 17.5 Å². The van der Waals surface area contributed by atoms with Crippen molar-refractivity contribution in [1.29, 1.82) is 0 Å². The number of hydrogen-bond acceptors (Lipinski definition) is 14. The van der Waals surface area contributed by atoms with Gasteiger partial charge < -0.3 is 39.3 Å². The number of ether oxygens (including phenoxy) is 4. The van der Waals surface area contributed by atoms with Crippen molar-refractivity contribution in [3.8, 4) is 23.1 Å². The molecule has 1 amide bonds. The summed E-state index contributed by atoms with van der Waals surface area (Å²) >= 11 is 0. The number of likely N-dealkylation sites (tertiary alicyclic amines) is 1. The SMILES string of the molecule is COCCOc1nc2[nH]cc(F)c2cc1Oc1cc(N2CCC3(CC2)CN([C@@H]2CCC[C@@H]2c2ccccc2C(C)C)C3)ccc1C(=O)NS(=O)(=O)c1cc(N=O)c2c(c1)OCC(C1CCC(C)(O)CC1)N2. The smallest absolute Gasteiger partial charge is 0.268 e. The molecule has 378 valence electrons. The van der Waals surface area contributed by atoms with Gasteiger partial charge in [0.15, 0.2) is 5.75 Å². The second-order valence-electron chi connectivity index (χ2n) is 21.0. The number of H-pyrrole nitrogens is 1. The molecule has 5 aliphatic rings. The first-order valence-corrected chi connectivity index (χ1v) is 26.5. The number of rotatable bonds is 15. The lowest BCUT2D eigenvalue weighted by Crippen LogP contribution is -2.63. The maximum Gasteiger partial charge on any atom is 0.268 e. The quantitative estimate of drug-likeness (QED) is 0.0572. The number of fused-ring (bicyclic) bond motifs is 2. The number of anilines is 2. The van der Waals surface area contributed by atoms with E-state index in [1.807, 2.05) is 6.92 Å². The van der Waals surface area contributed by atoms with Crippen LogP contribution in [0.25, 0.3) is 11.0 Å². The number of carbonyl (C=O) groups excluding carboxylic acids is 1. The number of pyridine rings is 1. The molecule has 5 aromatic rings. The van der Waals surface area contributed by atoms with Gasteiger partial charge in [-0.3, -0.25) is 9.69 Å². The van der Waals surface area contributed by atoms with Gasteiger partial charge in [-0.1, -0.05) is 44.5 Å². The molecular weight excluding hydrogens is 930 g/mol. The Balaban J connectivity index is 0.890.